The molecule has 0 fully saturated rings. The monoisotopic (exact) mass is 321 g/mol. The van der Waals surface area contributed by atoms with Gasteiger partial charge in [-0.15, -0.1) is 0 Å². The van der Waals surface area contributed by atoms with E-state index in [0.717, 1.165) is 5.57 Å². The Morgan fingerprint density at radius 2 is 1.70 bits per heavy atom. The van der Waals surface area contributed by atoms with Crippen LogP contribution in [0.2, 0.25) is 0 Å². The van der Waals surface area contributed by atoms with Crippen molar-refractivity contribution in [3.05, 3.63) is 12.2 Å². The maximum absolute atomic E-state index is 12.7. The van der Waals surface area contributed by atoms with Gasteiger partial charge in [-0.25, -0.2) is 0 Å². The van der Waals surface area contributed by atoms with Crippen LogP contribution < -0.4 is 0 Å². The van der Waals surface area contributed by atoms with Gasteiger partial charge in [-0.2, -0.15) is 0 Å². The van der Waals surface area contributed by atoms with Crippen LogP contribution in [-0.2, 0) is 4.79 Å². The summed E-state index contributed by atoms with van der Waals surface area (Å²) in [5, 5.41) is 10.1. The van der Waals surface area contributed by atoms with Crippen LogP contribution in [-0.4, -0.2) is 41.0 Å². The molecule has 0 spiro atoms. The van der Waals surface area contributed by atoms with Gasteiger partial charge in [0.15, 0.2) is 5.78 Å². The van der Waals surface area contributed by atoms with E-state index in [0.29, 0.717) is 12.5 Å². The number of aliphatic hydroxyl groups excluding tert-OH is 1. The number of hydrogen-bond acceptors (Lipinski definition) is 3. The average Bonchev–Trinajstić information content (AvgIpc) is 2.44. The molecule has 0 aromatic carbocycles. The van der Waals surface area contributed by atoms with Gasteiger partial charge in [-0.3, -0.25) is 9.69 Å². The molecule has 1 N–H and O–H groups in total. The number of likely N-dealkylation sites (N-methyl/N-ethyl adjacent to an activating group) is 1. The van der Waals surface area contributed by atoms with Gasteiger partial charge >= 0.3 is 0 Å². The van der Waals surface area contributed by atoms with E-state index in [9.17, 15) is 9.90 Å². The highest BCUT2D eigenvalue weighted by molar-refractivity contribution is 5.86. The van der Waals surface area contributed by atoms with Crippen molar-refractivity contribution in [3.8, 4) is 11.8 Å². The van der Waals surface area contributed by atoms with Crippen LogP contribution in [0.15, 0.2) is 12.2 Å². The van der Waals surface area contributed by atoms with Gasteiger partial charge < -0.3 is 5.11 Å². The van der Waals surface area contributed by atoms with Crippen molar-refractivity contribution in [1.82, 2.24) is 4.90 Å². The molecular formula is C20H35NO2. The van der Waals surface area contributed by atoms with Gasteiger partial charge in [-0.05, 0) is 51.6 Å². The minimum absolute atomic E-state index is 0.00369. The lowest BCUT2D eigenvalue weighted by Gasteiger charge is -2.38. The fourth-order valence-corrected chi connectivity index (χ4v) is 2.64. The van der Waals surface area contributed by atoms with Gasteiger partial charge in [0.1, 0.15) is 6.10 Å². The quantitative estimate of drug-likeness (QED) is 0.695. The van der Waals surface area contributed by atoms with Crippen molar-refractivity contribution in [1.29, 1.82) is 0 Å². The highest BCUT2D eigenvalue weighted by Gasteiger charge is 2.34. The Kier molecular flexibility index (Phi) is 9.42. The molecule has 0 heterocycles. The lowest BCUT2D eigenvalue weighted by Crippen LogP contribution is -2.49. The highest BCUT2D eigenvalue weighted by Crippen LogP contribution is 2.26. The Labute approximate surface area is 143 Å². The second-order valence-corrected chi connectivity index (χ2v) is 7.40. The first-order valence-corrected chi connectivity index (χ1v) is 8.59. The fraction of sp³-hybridized carbons (Fsp3) is 0.750. The van der Waals surface area contributed by atoms with Crippen LogP contribution in [0.1, 0.15) is 54.9 Å². The molecule has 4 atom stereocenters. The third-order valence-electron chi connectivity index (χ3n) is 4.56. The molecule has 0 aromatic rings. The standard InChI is InChI=1S/C20H35NO2/c1-13(2)10-11-18(22)12-16(7)17(8)19(20(23)14(3)4)21(9)15(5)6/h14-19,22H,1,12H2,2-9H3/t16-,17-,18?,19+/m1/s1. The Morgan fingerprint density at radius 3 is 2.09 bits per heavy atom. The predicted octanol–water partition coefficient (Wildman–Crippen LogP) is 3.52. The van der Waals surface area contributed by atoms with Gasteiger partial charge in [0.2, 0.25) is 0 Å². The van der Waals surface area contributed by atoms with E-state index in [2.05, 4.69) is 51.0 Å². The number of nitrogens with zero attached hydrogens (tertiary/aromatic N) is 1. The van der Waals surface area contributed by atoms with Crippen molar-refractivity contribution < 1.29 is 9.90 Å². The number of carbonyl (C=O) groups excluding carboxylic acids is 1. The molecule has 0 aliphatic heterocycles. The molecule has 23 heavy (non-hydrogen) atoms. The summed E-state index contributed by atoms with van der Waals surface area (Å²) in [5.41, 5.74) is 0.747. The number of carbonyl (C=O) groups is 1. The Hall–Kier alpha value is -1.11. The molecule has 3 nitrogen and oxygen atoms in total. The van der Waals surface area contributed by atoms with Crippen molar-refractivity contribution in [2.75, 3.05) is 7.05 Å². The van der Waals surface area contributed by atoms with Crippen LogP contribution in [0.5, 0.6) is 0 Å². The largest absolute Gasteiger partial charge is 0.380 e. The summed E-state index contributed by atoms with van der Waals surface area (Å²) in [4.78, 5) is 14.8. The highest BCUT2D eigenvalue weighted by atomic mass is 16.3. The maximum Gasteiger partial charge on any atom is 0.152 e. The van der Waals surface area contributed by atoms with E-state index < -0.39 is 6.10 Å². The van der Waals surface area contributed by atoms with E-state index in [-0.39, 0.29) is 29.6 Å². The van der Waals surface area contributed by atoms with E-state index in [1.54, 1.807) is 0 Å². The zero-order valence-electron chi connectivity index (χ0n) is 16.2. The molecular weight excluding hydrogens is 286 g/mol. The minimum Gasteiger partial charge on any atom is -0.380 e. The topological polar surface area (TPSA) is 40.5 Å². The van der Waals surface area contributed by atoms with Gasteiger partial charge in [0, 0.05) is 12.0 Å². The molecule has 0 saturated carbocycles. The maximum atomic E-state index is 12.7. The first-order valence-electron chi connectivity index (χ1n) is 8.59. The Bertz CT molecular complexity index is 456. The summed E-state index contributed by atoms with van der Waals surface area (Å²) in [6, 6.07) is 0.164. The van der Waals surface area contributed by atoms with E-state index >= 15 is 0 Å². The number of rotatable bonds is 8. The molecule has 132 valence electrons. The number of Topliss-reactive ketones (excluding diaryl/α,β-unsaturated/α-hetero) is 1. The van der Waals surface area contributed by atoms with Crippen LogP contribution in [0.4, 0.5) is 0 Å². The summed E-state index contributed by atoms with van der Waals surface area (Å²) < 4.78 is 0. The smallest absolute Gasteiger partial charge is 0.152 e. The second-order valence-electron chi connectivity index (χ2n) is 7.40. The van der Waals surface area contributed by atoms with Crippen LogP contribution in [0.25, 0.3) is 0 Å². The van der Waals surface area contributed by atoms with E-state index in [1.165, 1.54) is 0 Å². The Morgan fingerprint density at radius 1 is 1.17 bits per heavy atom. The van der Waals surface area contributed by atoms with E-state index in [1.807, 2.05) is 27.8 Å². The number of aliphatic hydroxyl groups is 1. The van der Waals surface area contributed by atoms with Gasteiger partial charge in [0.05, 0.1) is 6.04 Å². The molecule has 0 aliphatic rings. The van der Waals surface area contributed by atoms with Gasteiger partial charge in [-0.1, -0.05) is 46.1 Å². The summed E-state index contributed by atoms with van der Waals surface area (Å²) in [6.07, 6.45) is -0.113. The normalized spacial score (nSPS) is 16.7. The van der Waals surface area contributed by atoms with Crippen LogP contribution in [0.3, 0.4) is 0 Å². The molecule has 0 bridgehead atoms. The molecule has 1 unspecified atom stereocenters. The third-order valence-corrected chi connectivity index (χ3v) is 4.56. The lowest BCUT2D eigenvalue weighted by atomic mass is 9.80. The van der Waals surface area contributed by atoms with E-state index in [4.69, 9.17) is 0 Å². The molecule has 0 radical (unpaired) electrons. The molecule has 0 amide bonds. The molecule has 3 heteroatoms. The summed E-state index contributed by atoms with van der Waals surface area (Å²) in [7, 11) is 2.01. The zero-order valence-corrected chi connectivity index (χ0v) is 16.2. The lowest BCUT2D eigenvalue weighted by molar-refractivity contribution is -0.130. The van der Waals surface area contributed by atoms with Crippen molar-refractivity contribution >= 4 is 5.78 Å². The third kappa shape index (κ3) is 7.33. The zero-order chi connectivity index (χ0) is 18.3. The molecule has 0 saturated heterocycles. The summed E-state index contributed by atoms with van der Waals surface area (Å²) in [6.45, 7) is 17.8. The van der Waals surface area contributed by atoms with Crippen molar-refractivity contribution in [2.45, 2.75) is 73.1 Å². The first kappa shape index (κ1) is 21.9. The number of allylic oxidation sites excluding steroid dienone is 1. The summed E-state index contributed by atoms with van der Waals surface area (Å²) in [5.74, 6) is 6.26. The molecule has 0 aliphatic carbocycles. The minimum atomic E-state index is -0.677. The second kappa shape index (κ2) is 9.90. The number of ketones is 1. The average molecular weight is 322 g/mol. The van der Waals surface area contributed by atoms with Crippen molar-refractivity contribution in [2.24, 2.45) is 17.8 Å². The van der Waals surface area contributed by atoms with Gasteiger partial charge in [0.25, 0.3) is 0 Å². The molecule has 0 rings (SSSR count). The Balaban J connectivity index is 5.14. The molecule has 0 aromatic heterocycles. The summed E-state index contributed by atoms with van der Waals surface area (Å²) >= 11 is 0. The fourth-order valence-electron chi connectivity index (χ4n) is 2.64. The SMILES string of the molecule is C=C(C)C#CC(O)C[C@@H](C)[C@@H](C)[C@@H](C(=O)C(C)C)N(C)C(C)C. The predicted molar refractivity (Wildman–Crippen MR) is 98.1 cm³/mol. The van der Waals surface area contributed by atoms with Crippen LogP contribution >= 0.6 is 0 Å². The number of hydrogen-bond donors (Lipinski definition) is 1. The van der Waals surface area contributed by atoms with Crippen LogP contribution in [0, 0.1) is 29.6 Å². The van der Waals surface area contributed by atoms with Crippen molar-refractivity contribution in [3.63, 3.8) is 0 Å². The first-order chi connectivity index (χ1) is 10.5.